The van der Waals surface area contributed by atoms with Crippen molar-refractivity contribution in [3.63, 3.8) is 0 Å². The van der Waals surface area contributed by atoms with E-state index in [1.54, 1.807) is 18.3 Å². The van der Waals surface area contributed by atoms with Gasteiger partial charge in [-0.05, 0) is 63.0 Å². The Morgan fingerprint density at radius 2 is 1.91 bits per heavy atom. The molecule has 0 atom stereocenters. The standard InChI is InChI=1S/C23H21Br3N4O3/c1-5-32-17-10-13(18(25)19(26)20(17)33-9-8-27)12-28-30-21(31)15-11-14(24)6-7-16(15)29-22(30)23(2,3)4/h6-7,10-12H,5,9H2,1-4H3. The zero-order chi connectivity index (χ0) is 24.3. The van der Waals surface area contributed by atoms with E-state index in [2.05, 4.69) is 52.9 Å². The van der Waals surface area contributed by atoms with Crippen LogP contribution in [0.1, 0.15) is 39.1 Å². The van der Waals surface area contributed by atoms with Gasteiger partial charge in [0.1, 0.15) is 11.9 Å². The molecule has 1 aromatic heterocycles. The van der Waals surface area contributed by atoms with Crippen molar-refractivity contribution in [2.24, 2.45) is 5.10 Å². The maximum absolute atomic E-state index is 13.4. The molecule has 0 radical (unpaired) electrons. The number of halogens is 3. The molecule has 3 rings (SSSR count). The van der Waals surface area contributed by atoms with Crippen LogP contribution in [0.15, 0.2) is 47.6 Å². The van der Waals surface area contributed by atoms with Crippen molar-refractivity contribution in [3.05, 3.63) is 59.4 Å². The Labute approximate surface area is 216 Å². The summed E-state index contributed by atoms with van der Waals surface area (Å²) >= 11 is 10.5. The molecule has 0 spiro atoms. The molecule has 0 saturated carbocycles. The molecule has 0 unspecified atom stereocenters. The summed E-state index contributed by atoms with van der Waals surface area (Å²) in [5.74, 6) is 1.40. The van der Waals surface area contributed by atoms with Crippen molar-refractivity contribution in [1.29, 1.82) is 5.26 Å². The van der Waals surface area contributed by atoms with Crippen molar-refractivity contribution >= 4 is 64.9 Å². The Balaban J connectivity index is 2.20. The van der Waals surface area contributed by atoms with Crippen LogP contribution in [0.25, 0.3) is 10.9 Å². The number of benzene rings is 2. The number of fused-ring (bicyclic) bond motifs is 1. The van der Waals surface area contributed by atoms with Crippen LogP contribution < -0.4 is 15.0 Å². The summed E-state index contributed by atoms with van der Waals surface area (Å²) in [6.07, 6.45) is 1.56. The van der Waals surface area contributed by atoms with Crippen LogP contribution in [0.5, 0.6) is 11.5 Å². The van der Waals surface area contributed by atoms with Crippen LogP contribution >= 0.6 is 47.8 Å². The second-order valence-corrected chi connectivity index (χ2v) is 10.5. The van der Waals surface area contributed by atoms with E-state index in [0.29, 0.717) is 49.3 Å². The average molecular weight is 641 g/mol. The van der Waals surface area contributed by atoms with Gasteiger partial charge >= 0.3 is 0 Å². The summed E-state index contributed by atoms with van der Waals surface area (Å²) in [6, 6.07) is 9.10. The largest absolute Gasteiger partial charge is 0.490 e. The van der Waals surface area contributed by atoms with Crippen LogP contribution in [0.3, 0.4) is 0 Å². The predicted octanol–water partition coefficient (Wildman–Crippen LogP) is 6.16. The Morgan fingerprint density at radius 3 is 2.55 bits per heavy atom. The highest BCUT2D eigenvalue weighted by molar-refractivity contribution is 9.13. The van der Waals surface area contributed by atoms with E-state index in [0.717, 1.165) is 4.47 Å². The lowest BCUT2D eigenvalue weighted by Crippen LogP contribution is -2.29. The number of nitrogens with zero attached hydrogens (tertiary/aromatic N) is 4. The Kier molecular flexibility index (Phi) is 7.98. The highest BCUT2D eigenvalue weighted by Gasteiger charge is 2.23. The van der Waals surface area contributed by atoms with E-state index in [1.165, 1.54) is 4.68 Å². The first kappa shape index (κ1) is 25.4. The van der Waals surface area contributed by atoms with Crippen LogP contribution in [0, 0.1) is 11.3 Å². The highest BCUT2D eigenvalue weighted by atomic mass is 79.9. The summed E-state index contributed by atoms with van der Waals surface area (Å²) in [7, 11) is 0. The van der Waals surface area contributed by atoms with Gasteiger partial charge in [-0.15, -0.1) is 0 Å². The Morgan fingerprint density at radius 1 is 1.18 bits per heavy atom. The summed E-state index contributed by atoms with van der Waals surface area (Å²) in [6.45, 7) is 8.07. The van der Waals surface area contributed by atoms with Crippen LogP contribution in [0.4, 0.5) is 0 Å². The number of rotatable bonds is 6. The third kappa shape index (κ3) is 5.48. The minimum atomic E-state index is -0.430. The minimum absolute atomic E-state index is 0.124. The number of nitriles is 1. The van der Waals surface area contributed by atoms with Gasteiger partial charge < -0.3 is 9.47 Å². The molecule has 3 aromatic rings. The van der Waals surface area contributed by atoms with E-state index in [9.17, 15) is 4.79 Å². The van der Waals surface area contributed by atoms with Gasteiger partial charge in [0.25, 0.3) is 5.56 Å². The molecule has 0 N–H and O–H groups in total. The molecule has 1 heterocycles. The van der Waals surface area contributed by atoms with Crippen LogP contribution in [0.2, 0.25) is 0 Å². The summed E-state index contributed by atoms with van der Waals surface area (Å²) in [5, 5.41) is 13.9. The molecular weight excluding hydrogens is 620 g/mol. The van der Waals surface area contributed by atoms with Crippen LogP contribution in [-0.2, 0) is 5.41 Å². The predicted molar refractivity (Wildman–Crippen MR) is 140 cm³/mol. The van der Waals surface area contributed by atoms with Gasteiger partial charge in [0.05, 0.1) is 28.2 Å². The molecule has 0 amide bonds. The molecule has 7 nitrogen and oxygen atoms in total. The van der Waals surface area contributed by atoms with Crippen molar-refractivity contribution in [3.8, 4) is 17.6 Å². The third-order valence-corrected chi connectivity index (χ3v) is 7.16. The highest BCUT2D eigenvalue weighted by Crippen LogP contribution is 2.42. The molecule has 0 fully saturated rings. The zero-order valence-corrected chi connectivity index (χ0v) is 23.2. The number of hydrogen-bond acceptors (Lipinski definition) is 6. The fraction of sp³-hybridized carbons (Fsp3) is 0.304. The lowest BCUT2D eigenvalue weighted by Gasteiger charge is -2.21. The maximum atomic E-state index is 13.4. The van der Waals surface area contributed by atoms with Gasteiger partial charge in [0.15, 0.2) is 18.1 Å². The first-order valence-corrected chi connectivity index (χ1v) is 12.4. The molecular formula is C23H21Br3N4O3. The fourth-order valence-electron chi connectivity index (χ4n) is 3.06. The zero-order valence-electron chi connectivity index (χ0n) is 18.4. The first-order valence-electron chi connectivity index (χ1n) is 10.00. The summed E-state index contributed by atoms with van der Waals surface area (Å²) in [4.78, 5) is 18.1. The van der Waals surface area contributed by atoms with Gasteiger partial charge in [-0.3, -0.25) is 4.79 Å². The SMILES string of the molecule is CCOc1cc(C=Nn2c(C(C)(C)C)nc3ccc(Br)cc3c2=O)c(Br)c(Br)c1OCC#N. The topological polar surface area (TPSA) is 89.5 Å². The van der Waals surface area contributed by atoms with Gasteiger partial charge in [-0.2, -0.15) is 15.0 Å². The second kappa shape index (κ2) is 10.4. The quantitative estimate of drug-likeness (QED) is 0.301. The minimum Gasteiger partial charge on any atom is -0.490 e. The molecule has 0 aliphatic carbocycles. The number of ether oxygens (including phenoxy) is 2. The molecule has 10 heteroatoms. The molecule has 33 heavy (non-hydrogen) atoms. The first-order chi connectivity index (χ1) is 15.6. The number of aromatic nitrogens is 2. The van der Waals surface area contributed by atoms with Gasteiger partial charge in [0, 0.05) is 19.9 Å². The Hall–Kier alpha value is -2.22. The lowest BCUT2D eigenvalue weighted by molar-refractivity contribution is 0.297. The maximum Gasteiger partial charge on any atom is 0.282 e. The monoisotopic (exact) mass is 638 g/mol. The van der Waals surface area contributed by atoms with Crippen molar-refractivity contribution in [2.45, 2.75) is 33.1 Å². The van der Waals surface area contributed by atoms with Gasteiger partial charge in [-0.1, -0.05) is 36.7 Å². The molecule has 0 saturated heterocycles. The van der Waals surface area contributed by atoms with Gasteiger partial charge in [0.2, 0.25) is 0 Å². The third-order valence-electron chi connectivity index (χ3n) is 4.53. The number of hydrogen-bond donors (Lipinski definition) is 0. The summed E-state index contributed by atoms with van der Waals surface area (Å²) in [5.41, 5.74) is 0.564. The lowest BCUT2D eigenvalue weighted by atomic mass is 9.95. The van der Waals surface area contributed by atoms with E-state index in [4.69, 9.17) is 19.7 Å². The van der Waals surface area contributed by atoms with Crippen molar-refractivity contribution in [2.75, 3.05) is 13.2 Å². The van der Waals surface area contributed by atoms with Gasteiger partial charge in [-0.25, -0.2) is 4.98 Å². The van der Waals surface area contributed by atoms with E-state index >= 15 is 0 Å². The van der Waals surface area contributed by atoms with Crippen LogP contribution in [-0.4, -0.2) is 29.1 Å². The molecule has 0 bridgehead atoms. The average Bonchev–Trinajstić information content (AvgIpc) is 2.75. The molecule has 2 aromatic carbocycles. The van der Waals surface area contributed by atoms with Crippen molar-refractivity contribution < 1.29 is 9.47 Å². The van der Waals surface area contributed by atoms with Crippen molar-refractivity contribution in [1.82, 2.24) is 9.66 Å². The molecule has 0 aliphatic heterocycles. The van der Waals surface area contributed by atoms with E-state index in [1.807, 2.05) is 45.9 Å². The Bertz CT molecular complexity index is 1340. The van der Waals surface area contributed by atoms with E-state index < -0.39 is 5.41 Å². The smallest absolute Gasteiger partial charge is 0.282 e. The second-order valence-electron chi connectivity index (χ2n) is 8.01. The van der Waals surface area contributed by atoms with E-state index in [-0.39, 0.29) is 12.2 Å². The molecule has 0 aliphatic rings. The molecule has 172 valence electrons. The fourth-order valence-corrected chi connectivity index (χ4v) is 4.36. The summed E-state index contributed by atoms with van der Waals surface area (Å²) < 4.78 is 14.6. The normalized spacial score (nSPS) is 11.7.